The zero-order valence-electron chi connectivity index (χ0n) is 18.7. The van der Waals surface area contributed by atoms with Crippen LogP contribution in [0.5, 0.6) is 5.75 Å². The summed E-state index contributed by atoms with van der Waals surface area (Å²) >= 11 is 5.96. The number of amides is 1. The Hall–Kier alpha value is -2.87. The van der Waals surface area contributed by atoms with Gasteiger partial charge in [0.15, 0.2) is 0 Å². The van der Waals surface area contributed by atoms with Crippen LogP contribution in [0.3, 0.4) is 0 Å². The fourth-order valence-electron chi connectivity index (χ4n) is 3.43. The predicted molar refractivity (Wildman–Crippen MR) is 130 cm³/mol. The van der Waals surface area contributed by atoms with Gasteiger partial charge in [-0.1, -0.05) is 60.1 Å². The van der Waals surface area contributed by atoms with Crippen molar-refractivity contribution in [2.24, 2.45) is 0 Å². The maximum absolute atomic E-state index is 13.3. The summed E-state index contributed by atoms with van der Waals surface area (Å²) in [6.45, 7) is 3.62. The third-order valence-electron chi connectivity index (χ3n) is 5.23. The molecule has 33 heavy (non-hydrogen) atoms. The van der Waals surface area contributed by atoms with Crippen molar-refractivity contribution in [3.8, 4) is 5.75 Å². The molecule has 0 spiro atoms. The van der Waals surface area contributed by atoms with E-state index in [0.717, 1.165) is 16.7 Å². The van der Waals surface area contributed by atoms with Crippen molar-refractivity contribution < 1.29 is 17.9 Å². The molecule has 0 aliphatic heterocycles. The Balaban J connectivity index is 1.88. The fraction of sp³-hybridized carbons (Fsp3) is 0.240. The van der Waals surface area contributed by atoms with Gasteiger partial charge < -0.3 is 10.1 Å². The van der Waals surface area contributed by atoms with Crippen molar-refractivity contribution in [1.29, 1.82) is 0 Å². The highest BCUT2D eigenvalue weighted by molar-refractivity contribution is 7.89. The van der Waals surface area contributed by atoms with Crippen LogP contribution in [0.15, 0.2) is 77.7 Å². The summed E-state index contributed by atoms with van der Waals surface area (Å²) in [5.41, 5.74) is 2.45. The van der Waals surface area contributed by atoms with Gasteiger partial charge in [-0.05, 0) is 61.2 Å². The summed E-state index contributed by atoms with van der Waals surface area (Å²) in [4.78, 5) is 13.2. The third kappa shape index (κ3) is 6.57. The van der Waals surface area contributed by atoms with Crippen molar-refractivity contribution >= 4 is 27.5 Å². The quantitative estimate of drug-likeness (QED) is 0.468. The molecule has 174 valence electrons. The van der Waals surface area contributed by atoms with Gasteiger partial charge in [0.2, 0.25) is 15.9 Å². The molecule has 0 aromatic heterocycles. The second-order valence-electron chi connectivity index (χ2n) is 7.80. The molecular weight excluding hydrogens is 460 g/mol. The number of carbonyl (C=O) groups excluding carboxylic acids is 1. The molecule has 3 rings (SSSR count). The maximum atomic E-state index is 13.3. The van der Waals surface area contributed by atoms with Crippen LogP contribution in [0, 0.1) is 6.92 Å². The molecule has 8 heteroatoms. The minimum Gasteiger partial charge on any atom is -0.495 e. The molecule has 3 aromatic carbocycles. The molecule has 0 fully saturated rings. The lowest BCUT2D eigenvalue weighted by atomic mass is 10.0. The predicted octanol–water partition coefficient (Wildman–Crippen LogP) is 4.42. The number of hydrogen-bond acceptors (Lipinski definition) is 4. The van der Waals surface area contributed by atoms with E-state index in [-0.39, 0.29) is 23.1 Å². The molecule has 2 N–H and O–H groups in total. The minimum atomic E-state index is -4.05. The number of aryl methyl sites for hydroxylation is 1. The van der Waals surface area contributed by atoms with Crippen LogP contribution in [0.25, 0.3) is 0 Å². The normalized spacial score (nSPS) is 13.2. The fourth-order valence-corrected chi connectivity index (χ4v) is 5.01. The lowest BCUT2D eigenvalue weighted by Crippen LogP contribution is -2.48. The van der Waals surface area contributed by atoms with Gasteiger partial charge in [0.05, 0.1) is 13.2 Å². The molecule has 0 saturated heterocycles. The molecular formula is C25H27ClN2O4S. The van der Waals surface area contributed by atoms with Crippen LogP contribution in [0.1, 0.15) is 29.7 Å². The Morgan fingerprint density at radius 3 is 2.33 bits per heavy atom. The Labute approximate surface area is 200 Å². The molecule has 0 bridgehead atoms. The summed E-state index contributed by atoms with van der Waals surface area (Å²) in [6, 6.07) is 19.9. The van der Waals surface area contributed by atoms with Crippen LogP contribution in [0.2, 0.25) is 5.02 Å². The van der Waals surface area contributed by atoms with E-state index in [0.29, 0.717) is 5.02 Å². The smallest absolute Gasteiger partial charge is 0.244 e. The highest BCUT2D eigenvalue weighted by Crippen LogP contribution is 2.25. The third-order valence-corrected chi connectivity index (χ3v) is 6.98. The van der Waals surface area contributed by atoms with E-state index in [2.05, 4.69) is 10.0 Å². The monoisotopic (exact) mass is 486 g/mol. The van der Waals surface area contributed by atoms with E-state index in [1.807, 2.05) is 49.4 Å². The summed E-state index contributed by atoms with van der Waals surface area (Å²) in [7, 11) is -2.64. The first kappa shape index (κ1) is 24.8. The Morgan fingerprint density at radius 1 is 1.03 bits per heavy atom. The van der Waals surface area contributed by atoms with Gasteiger partial charge in [0, 0.05) is 5.02 Å². The first-order valence-corrected chi connectivity index (χ1v) is 12.3. The molecule has 0 aliphatic rings. The number of rotatable bonds is 9. The first-order valence-electron chi connectivity index (χ1n) is 10.5. The van der Waals surface area contributed by atoms with Crippen LogP contribution >= 0.6 is 11.6 Å². The van der Waals surface area contributed by atoms with Gasteiger partial charge in [0.1, 0.15) is 16.7 Å². The number of halogens is 1. The molecule has 6 nitrogen and oxygen atoms in total. The molecule has 1 amide bonds. The van der Waals surface area contributed by atoms with Gasteiger partial charge in [-0.15, -0.1) is 0 Å². The van der Waals surface area contributed by atoms with Crippen LogP contribution in [0.4, 0.5) is 0 Å². The zero-order valence-corrected chi connectivity index (χ0v) is 20.3. The van der Waals surface area contributed by atoms with Gasteiger partial charge in [-0.2, -0.15) is 4.72 Å². The van der Waals surface area contributed by atoms with E-state index < -0.39 is 22.0 Å². The number of hydrogen-bond donors (Lipinski definition) is 2. The maximum Gasteiger partial charge on any atom is 0.244 e. The van der Waals surface area contributed by atoms with Crippen molar-refractivity contribution in [2.75, 3.05) is 7.11 Å². The highest BCUT2D eigenvalue weighted by atomic mass is 35.5. The SMILES string of the molecule is COc1ccc(C)cc1S(=O)(=O)N[C@@H](Cc1ccccc1)C(=O)N[C@H](C)c1ccc(Cl)cc1. The lowest BCUT2D eigenvalue weighted by Gasteiger charge is -2.22. The van der Waals surface area contributed by atoms with Crippen molar-refractivity contribution in [1.82, 2.24) is 10.0 Å². The van der Waals surface area contributed by atoms with Crippen LogP contribution in [-0.2, 0) is 21.2 Å². The average molecular weight is 487 g/mol. The average Bonchev–Trinajstić information content (AvgIpc) is 2.79. The molecule has 0 radical (unpaired) electrons. The van der Waals surface area contributed by atoms with Crippen molar-refractivity contribution in [3.05, 3.63) is 94.5 Å². The number of methoxy groups -OCH3 is 1. The second-order valence-corrected chi connectivity index (χ2v) is 9.92. The summed E-state index contributed by atoms with van der Waals surface area (Å²) < 4.78 is 34.4. The standard InChI is InChI=1S/C25H27ClN2O4S/c1-17-9-14-23(32-3)24(15-17)33(30,31)28-22(16-19-7-5-4-6-8-19)25(29)27-18(2)20-10-12-21(26)13-11-20/h4-15,18,22,28H,16H2,1-3H3,(H,27,29)/t18-,22+/m1/s1. The molecule has 3 aromatic rings. The van der Waals surface area contributed by atoms with E-state index >= 15 is 0 Å². The Kier molecular flexibility index (Phi) is 8.13. The van der Waals surface area contributed by atoms with Crippen molar-refractivity contribution in [3.63, 3.8) is 0 Å². The second kappa shape index (κ2) is 10.8. The van der Waals surface area contributed by atoms with E-state index in [4.69, 9.17) is 16.3 Å². The summed E-state index contributed by atoms with van der Waals surface area (Å²) in [5, 5.41) is 3.51. The Morgan fingerprint density at radius 2 is 1.70 bits per heavy atom. The first-order chi connectivity index (χ1) is 15.7. The van der Waals surface area contributed by atoms with E-state index in [1.165, 1.54) is 13.2 Å². The number of sulfonamides is 1. The van der Waals surface area contributed by atoms with Gasteiger partial charge in [0.25, 0.3) is 0 Å². The molecule has 0 saturated carbocycles. The zero-order chi connectivity index (χ0) is 24.0. The summed E-state index contributed by atoms with van der Waals surface area (Å²) in [5.74, 6) is -0.224. The number of benzene rings is 3. The van der Waals surface area contributed by atoms with Gasteiger partial charge in [-0.3, -0.25) is 4.79 Å². The van der Waals surface area contributed by atoms with Crippen LogP contribution < -0.4 is 14.8 Å². The van der Waals surface area contributed by atoms with E-state index in [1.54, 1.807) is 31.2 Å². The minimum absolute atomic E-state index is 0.0124. The molecule has 2 atom stereocenters. The van der Waals surface area contributed by atoms with Gasteiger partial charge in [-0.25, -0.2) is 8.42 Å². The number of ether oxygens (including phenoxy) is 1. The molecule has 0 unspecified atom stereocenters. The lowest BCUT2D eigenvalue weighted by molar-refractivity contribution is -0.123. The molecule has 0 heterocycles. The van der Waals surface area contributed by atoms with Crippen molar-refractivity contribution in [2.45, 2.75) is 37.2 Å². The van der Waals surface area contributed by atoms with Gasteiger partial charge >= 0.3 is 0 Å². The van der Waals surface area contributed by atoms with E-state index in [9.17, 15) is 13.2 Å². The number of nitrogens with one attached hydrogen (secondary N) is 2. The number of carbonyl (C=O) groups is 1. The Bertz CT molecular complexity index is 1200. The largest absolute Gasteiger partial charge is 0.495 e. The topological polar surface area (TPSA) is 84.5 Å². The highest BCUT2D eigenvalue weighted by Gasteiger charge is 2.29. The summed E-state index contributed by atoms with van der Waals surface area (Å²) in [6.07, 6.45) is 0.188. The van der Waals surface area contributed by atoms with Crippen LogP contribution in [-0.4, -0.2) is 27.5 Å². The molecule has 0 aliphatic carbocycles.